The number of aliphatic hydroxyl groups is 1. The van der Waals surface area contributed by atoms with Crippen molar-refractivity contribution in [3.63, 3.8) is 0 Å². The summed E-state index contributed by atoms with van der Waals surface area (Å²) < 4.78 is 11.3. The Kier molecular flexibility index (Phi) is 3.78. The first kappa shape index (κ1) is 13.8. The Balaban J connectivity index is 2.29. The number of ether oxygens (including phenoxy) is 1. The topological polar surface area (TPSA) is 68.6 Å². The van der Waals surface area contributed by atoms with Crippen molar-refractivity contribution >= 4 is 28.2 Å². The Hall–Kier alpha value is -1.59. The molecule has 4 nitrogen and oxygen atoms in total. The van der Waals surface area contributed by atoms with Crippen molar-refractivity contribution in [3.05, 3.63) is 30.0 Å². The minimum absolute atomic E-state index is 0.162. The maximum atomic E-state index is 9.68. The monoisotopic (exact) mass is 279 g/mol. The molecule has 0 bridgehead atoms. The van der Waals surface area contributed by atoms with E-state index < -0.39 is 5.60 Å². The Morgan fingerprint density at radius 2 is 2.11 bits per heavy atom. The van der Waals surface area contributed by atoms with Gasteiger partial charge < -0.3 is 20.0 Å². The van der Waals surface area contributed by atoms with Crippen molar-refractivity contribution in [1.82, 2.24) is 0 Å². The van der Waals surface area contributed by atoms with Gasteiger partial charge in [0, 0.05) is 6.42 Å². The van der Waals surface area contributed by atoms with Crippen LogP contribution in [0.3, 0.4) is 0 Å². The number of hydrogen-bond donors (Lipinski definition) is 2. The third-order valence-corrected chi connectivity index (χ3v) is 2.92. The highest BCUT2D eigenvalue weighted by Crippen LogP contribution is 2.33. The fourth-order valence-electron chi connectivity index (χ4n) is 1.73. The van der Waals surface area contributed by atoms with Gasteiger partial charge in [-0.25, -0.2) is 0 Å². The Labute approximate surface area is 117 Å². The lowest BCUT2D eigenvalue weighted by Gasteiger charge is -2.16. The highest BCUT2D eigenvalue weighted by molar-refractivity contribution is 7.80. The highest BCUT2D eigenvalue weighted by Gasteiger charge is 2.19. The number of hydrogen-bond acceptors (Lipinski definition) is 4. The summed E-state index contributed by atoms with van der Waals surface area (Å²) >= 11 is 4.97. The van der Waals surface area contributed by atoms with Crippen molar-refractivity contribution in [2.45, 2.75) is 25.9 Å². The number of rotatable bonds is 5. The molecule has 0 saturated heterocycles. The van der Waals surface area contributed by atoms with Crippen LogP contribution in [0.5, 0.6) is 5.75 Å². The van der Waals surface area contributed by atoms with Gasteiger partial charge >= 0.3 is 0 Å². The molecule has 0 spiro atoms. The predicted octanol–water partition coefficient (Wildman–Crippen LogP) is 2.61. The van der Waals surface area contributed by atoms with Crippen LogP contribution in [0.4, 0.5) is 0 Å². The smallest absolute Gasteiger partial charge is 0.204 e. The quantitative estimate of drug-likeness (QED) is 0.823. The van der Waals surface area contributed by atoms with Gasteiger partial charge in [-0.2, -0.15) is 0 Å². The van der Waals surface area contributed by atoms with Crippen LogP contribution < -0.4 is 10.5 Å². The van der Waals surface area contributed by atoms with Gasteiger partial charge in [-0.05, 0) is 26.0 Å². The van der Waals surface area contributed by atoms with E-state index in [1.807, 2.05) is 24.3 Å². The van der Waals surface area contributed by atoms with Crippen LogP contribution in [0, 0.1) is 0 Å². The Morgan fingerprint density at radius 1 is 1.42 bits per heavy atom. The molecule has 2 aromatic rings. The predicted molar refractivity (Wildman–Crippen MR) is 78.5 cm³/mol. The van der Waals surface area contributed by atoms with Crippen LogP contribution in [-0.4, -0.2) is 22.3 Å². The van der Waals surface area contributed by atoms with Gasteiger partial charge in [0.15, 0.2) is 5.75 Å². The molecule has 102 valence electrons. The minimum atomic E-state index is -0.775. The molecule has 5 heteroatoms. The number of para-hydroxylation sites is 1. The number of thiocarbonyl (C=S) groups is 1. The van der Waals surface area contributed by atoms with Crippen molar-refractivity contribution in [2.75, 3.05) is 6.61 Å². The molecular formula is C14H17NO3S. The molecule has 0 amide bonds. The average molecular weight is 279 g/mol. The molecule has 0 radical (unpaired) electrons. The molecule has 0 aliphatic rings. The van der Waals surface area contributed by atoms with Crippen molar-refractivity contribution < 1.29 is 14.3 Å². The summed E-state index contributed by atoms with van der Waals surface area (Å²) in [6.45, 7) is 3.83. The van der Waals surface area contributed by atoms with Crippen LogP contribution in [0.2, 0.25) is 0 Å². The van der Waals surface area contributed by atoms with Crippen molar-refractivity contribution in [3.8, 4) is 5.75 Å². The number of furan rings is 1. The van der Waals surface area contributed by atoms with Gasteiger partial charge in [0.25, 0.3) is 0 Å². The standard InChI is InChI=1S/C14H17NO3S/c1-14(2,16)7-8-17-11-9-5-3-4-6-10(9)18-12(11)13(15)19/h3-6,16H,7-8H2,1-2H3,(H2,15,19). The van der Waals surface area contributed by atoms with E-state index in [0.29, 0.717) is 30.1 Å². The lowest BCUT2D eigenvalue weighted by molar-refractivity contribution is 0.0554. The zero-order valence-corrected chi connectivity index (χ0v) is 11.8. The largest absolute Gasteiger partial charge is 0.489 e. The number of benzene rings is 1. The van der Waals surface area contributed by atoms with E-state index in [0.717, 1.165) is 5.39 Å². The molecule has 3 N–H and O–H groups in total. The lowest BCUT2D eigenvalue weighted by atomic mass is 10.1. The molecule has 19 heavy (non-hydrogen) atoms. The maximum absolute atomic E-state index is 9.68. The van der Waals surface area contributed by atoms with E-state index in [4.69, 9.17) is 27.1 Å². The van der Waals surface area contributed by atoms with Gasteiger partial charge in [-0.1, -0.05) is 24.4 Å². The van der Waals surface area contributed by atoms with Crippen LogP contribution in [0.1, 0.15) is 26.0 Å². The number of fused-ring (bicyclic) bond motifs is 1. The van der Waals surface area contributed by atoms with Gasteiger partial charge in [0.2, 0.25) is 5.76 Å². The summed E-state index contributed by atoms with van der Waals surface area (Å²) in [6.07, 6.45) is 0.503. The molecule has 0 aliphatic carbocycles. The molecule has 2 rings (SSSR count). The summed E-state index contributed by atoms with van der Waals surface area (Å²) in [6, 6.07) is 7.49. The summed E-state index contributed by atoms with van der Waals surface area (Å²) in [5, 5.41) is 10.5. The average Bonchev–Trinajstić information content (AvgIpc) is 2.67. The maximum Gasteiger partial charge on any atom is 0.204 e. The lowest BCUT2D eigenvalue weighted by Crippen LogP contribution is -2.22. The first-order valence-corrected chi connectivity index (χ1v) is 6.46. The summed E-state index contributed by atoms with van der Waals surface area (Å²) in [4.78, 5) is 0.162. The molecule has 1 aromatic heterocycles. The third-order valence-electron chi connectivity index (χ3n) is 2.73. The summed E-state index contributed by atoms with van der Waals surface area (Å²) in [7, 11) is 0. The van der Waals surface area contributed by atoms with E-state index in [-0.39, 0.29) is 4.99 Å². The number of nitrogens with two attached hydrogens (primary N) is 1. The van der Waals surface area contributed by atoms with Gasteiger partial charge in [-0.3, -0.25) is 0 Å². The SMILES string of the molecule is CC(C)(O)CCOc1c(C(N)=S)oc2ccccc12. The molecule has 0 unspecified atom stereocenters. The molecule has 0 saturated carbocycles. The molecule has 0 aliphatic heterocycles. The highest BCUT2D eigenvalue weighted by atomic mass is 32.1. The third kappa shape index (κ3) is 3.24. The summed E-state index contributed by atoms with van der Waals surface area (Å²) in [5.41, 5.74) is 5.55. The van der Waals surface area contributed by atoms with E-state index in [2.05, 4.69) is 0 Å². The molecule has 0 fully saturated rings. The van der Waals surface area contributed by atoms with Gasteiger partial charge in [0.1, 0.15) is 10.6 Å². The normalized spacial score (nSPS) is 11.7. The van der Waals surface area contributed by atoms with Crippen LogP contribution in [0.25, 0.3) is 11.0 Å². The summed E-state index contributed by atoms with van der Waals surface area (Å²) in [5.74, 6) is 0.930. The fourth-order valence-corrected chi connectivity index (χ4v) is 1.86. The molecule has 1 heterocycles. The molecule has 0 atom stereocenters. The van der Waals surface area contributed by atoms with Crippen LogP contribution >= 0.6 is 12.2 Å². The van der Waals surface area contributed by atoms with E-state index in [9.17, 15) is 5.11 Å². The Morgan fingerprint density at radius 3 is 2.74 bits per heavy atom. The Bertz CT molecular complexity index is 598. The first-order valence-electron chi connectivity index (χ1n) is 6.05. The molecule has 1 aromatic carbocycles. The molecular weight excluding hydrogens is 262 g/mol. The van der Waals surface area contributed by atoms with E-state index in [1.165, 1.54) is 0 Å². The van der Waals surface area contributed by atoms with Crippen LogP contribution in [0.15, 0.2) is 28.7 Å². The second-order valence-electron chi connectivity index (χ2n) is 5.03. The van der Waals surface area contributed by atoms with E-state index in [1.54, 1.807) is 13.8 Å². The minimum Gasteiger partial charge on any atom is -0.489 e. The zero-order chi connectivity index (χ0) is 14.0. The van der Waals surface area contributed by atoms with Crippen molar-refractivity contribution in [2.24, 2.45) is 5.73 Å². The second kappa shape index (κ2) is 5.19. The van der Waals surface area contributed by atoms with E-state index >= 15 is 0 Å². The van der Waals surface area contributed by atoms with Crippen LogP contribution in [-0.2, 0) is 0 Å². The fraction of sp³-hybridized carbons (Fsp3) is 0.357. The second-order valence-corrected chi connectivity index (χ2v) is 5.47. The van der Waals surface area contributed by atoms with Crippen molar-refractivity contribution in [1.29, 1.82) is 0 Å². The first-order chi connectivity index (χ1) is 8.88. The zero-order valence-electron chi connectivity index (χ0n) is 11.0. The van der Waals surface area contributed by atoms with Gasteiger partial charge in [0.05, 0.1) is 17.6 Å². The van der Waals surface area contributed by atoms with Gasteiger partial charge in [-0.15, -0.1) is 0 Å².